The Morgan fingerprint density at radius 1 is 1.13 bits per heavy atom. The van der Waals surface area contributed by atoms with Crippen molar-refractivity contribution < 1.29 is 17.9 Å². The van der Waals surface area contributed by atoms with Crippen LogP contribution in [0.2, 0.25) is 0 Å². The molecule has 0 unspecified atom stereocenters. The second-order valence-electron chi connectivity index (χ2n) is 5.18. The van der Waals surface area contributed by atoms with Crippen molar-refractivity contribution in [3.63, 3.8) is 0 Å². The van der Waals surface area contributed by atoms with E-state index in [4.69, 9.17) is 10.5 Å². The molecule has 0 radical (unpaired) electrons. The Labute approximate surface area is 136 Å². The van der Waals surface area contributed by atoms with E-state index in [9.17, 15) is 13.2 Å². The molecule has 0 aliphatic heterocycles. The number of amides is 1. The maximum Gasteiger partial charge on any atom is 0.249 e. The average molecular weight is 333 g/mol. The molecule has 0 atom stereocenters. The van der Waals surface area contributed by atoms with Gasteiger partial charge in [-0.15, -0.1) is 0 Å². The van der Waals surface area contributed by atoms with Crippen LogP contribution in [0.1, 0.15) is 28.4 Å². The van der Waals surface area contributed by atoms with Gasteiger partial charge in [0.1, 0.15) is 5.75 Å². The zero-order valence-corrected chi connectivity index (χ0v) is 13.9. The van der Waals surface area contributed by atoms with Crippen molar-refractivity contribution in [2.75, 3.05) is 6.61 Å². The summed E-state index contributed by atoms with van der Waals surface area (Å²) in [5.41, 5.74) is 6.80. The molecule has 0 saturated heterocycles. The molecule has 0 spiro atoms. The number of hydrogen-bond donors (Lipinski definition) is 1. The lowest BCUT2D eigenvalue weighted by atomic mass is 10.1. The molecule has 0 aromatic heterocycles. The molecule has 0 aliphatic rings. The lowest BCUT2D eigenvalue weighted by Crippen LogP contribution is -2.14. The lowest BCUT2D eigenvalue weighted by Gasteiger charge is -2.09. The fourth-order valence-electron chi connectivity index (χ4n) is 2.21. The summed E-state index contributed by atoms with van der Waals surface area (Å²) in [5, 5.41) is 0. The number of sulfone groups is 1. The normalized spacial score (nSPS) is 11.2. The topological polar surface area (TPSA) is 86.5 Å². The number of benzene rings is 2. The number of rotatable bonds is 6. The first-order chi connectivity index (χ1) is 10.8. The highest BCUT2D eigenvalue weighted by atomic mass is 32.2. The standard InChI is InChI=1S/C17H19NO4S/c1-3-22-14-7-5-13(6-8-14)11-23(20,21)15-9-4-12(2)16(10-15)17(18)19/h4-10H,3,11H2,1-2H3,(H2,18,19). The molecule has 0 aliphatic carbocycles. The minimum absolute atomic E-state index is 0.0887. The third-order valence-electron chi connectivity index (χ3n) is 3.42. The molecule has 6 heteroatoms. The van der Waals surface area contributed by atoms with Gasteiger partial charge >= 0.3 is 0 Å². The molecule has 2 aromatic carbocycles. The molecule has 0 bridgehead atoms. The van der Waals surface area contributed by atoms with E-state index in [0.717, 1.165) is 0 Å². The van der Waals surface area contributed by atoms with Gasteiger partial charge in [-0.3, -0.25) is 4.79 Å². The first kappa shape index (κ1) is 17.0. The van der Waals surface area contributed by atoms with Crippen LogP contribution in [0.15, 0.2) is 47.4 Å². The van der Waals surface area contributed by atoms with E-state index in [-0.39, 0.29) is 16.2 Å². The number of nitrogens with two attached hydrogens (primary N) is 1. The van der Waals surface area contributed by atoms with Crippen LogP contribution in [0.25, 0.3) is 0 Å². The second kappa shape index (κ2) is 6.83. The van der Waals surface area contributed by atoms with Crippen LogP contribution in [0.4, 0.5) is 0 Å². The minimum Gasteiger partial charge on any atom is -0.494 e. The molecule has 0 heterocycles. The molecular weight excluding hydrogens is 314 g/mol. The van der Waals surface area contributed by atoms with Crippen LogP contribution >= 0.6 is 0 Å². The van der Waals surface area contributed by atoms with E-state index in [1.807, 2.05) is 6.92 Å². The van der Waals surface area contributed by atoms with Gasteiger partial charge in [0.2, 0.25) is 5.91 Å². The zero-order chi connectivity index (χ0) is 17.0. The quantitative estimate of drug-likeness (QED) is 0.880. The Balaban J connectivity index is 2.28. The van der Waals surface area contributed by atoms with Crippen LogP contribution < -0.4 is 10.5 Å². The molecule has 1 amide bonds. The summed E-state index contributed by atoms with van der Waals surface area (Å²) in [6, 6.07) is 11.3. The van der Waals surface area contributed by atoms with Gasteiger partial charge in [0.25, 0.3) is 0 Å². The fraction of sp³-hybridized carbons (Fsp3) is 0.235. The Hall–Kier alpha value is -2.34. The molecule has 0 saturated carbocycles. The number of carbonyl (C=O) groups excluding carboxylic acids is 1. The van der Waals surface area contributed by atoms with Crippen LogP contribution in [0, 0.1) is 6.92 Å². The van der Waals surface area contributed by atoms with Crippen LogP contribution in [0.3, 0.4) is 0 Å². The van der Waals surface area contributed by atoms with Crippen LogP contribution in [-0.4, -0.2) is 20.9 Å². The van der Waals surface area contributed by atoms with Crippen molar-refractivity contribution in [2.45, 2.75) is 24.5 Å². The fourth-order valence-corrected chi connectivity index (χ4v) is 3.58. The van der Waals surface area contributed by atoms with Gasteiger partial charge in [0, 0.05) is 5.56 Å². The molecular formula is C17H19NO4S. The SMILES string of the molecule is CCOc1ccc(CS(=O)(=O)c2ccc(C)c(C(N)=O)c2)cc1. The molecule has 2 rings (SSSR count). The smallest absolute Gasteiger partial charge is 0.249 e. The Bertz CT molecular complexity index is 811. The summed E-state index contributed by atoms with van der Waals surface area (Å²) in [4.78, 5) is 11.5. The number of primary amides is 1. The minimum atomic E-state index is -3.56. The number of hydrogen-bond acceptors (Lipinski definition) is 4. The molecule has 2 N–H and O–H groups in total. The monoisotopic (exact) mass is 333 g/mol. The first-order valence-corrected chi connectivity index (χ1v) is 8.83. The summed E-state index contributed by atoms with van der Waals surface area (Å²) in [6.07, 6.45) is 0. The zero-order valence-electron chi connectivity index (χ0n) is 13.1. The molecule has 23 heavy (non-hydrogen) atoms. The Kier molecular flexibility index (Phi) is 5.05. The maximum atomic E-state index is 12.5. The average Bonchev–Trinajstić information content (AvgIpc) is 2.49. The predicted octanol–water partition coefficient (Wildman–Crippen LogP) is 2.47. The van der Waals surface area contributed by atoms with Crippen molar-refractivity contribution in [1.82, 2.24) is 0 Å². The number of carbonyl (C=O) groups is 1. The maximum absolute atomic E-state index is 12.5. The van der Waals surface area contributed by atoms with Gasteiger partial charge in [-0.2, -0.15) is 0 Å². The summed E-state index contributed by atoms with van der Waals surface area (Å²) >= 11 is 0. The van der Waals surface area contributed by atoms with Gasteiger partial charge < -0.3 is 10.5 Å². The van der Waals surface area contributed by atoms with E-state index < -0.39 is 15.7 Å². The van der Waals surface area contributed by atoms with Gasteiger partial charge in [-0.1, -0.05) is 18.2 Å². The number of ether oxygens (including phenoxy) is 1. The van der Waals surface area contributed by atoms with E-state index >= 15 is 0 Å². The highest BCUT2D eigenvalue weighted by Gasteiger charge is 2.18. The third-order valence-corrected chi connectivity index (χ3v) is 5.11. The second-order valence-corrected chi connectivity index (χ2v) is 7.17. The van der Waals surface area contributed by atoms with E-state index in [1.165, 1.54) is 12.1 Å². The third kappa shape index (κ3) is 4.10. The first-order valence-electron chi connectivity index (χ1n) is 7.18. The largest absolute Gasteiger partial charge is 0.494 e. The van der Waals surface area contributed by atoms with E-state index in [0.29, 0.717) is 23.5 Å². The van der Waals surface area contributed by atoms with Crippen molar-refractivity contribution in [2.24, 2.45) is 5.73 Å². The van der Waals surface area contributed by atoms with Crippen molar-refractivity contribution >= 4 is 15.7 Å². The van der Waals surface area contributed by atoms with Crippen molar-refractivity contribution in [3.05, 3.63) is 59.2 Å². The molecule has 0 fully saturated rings. The molecule has 122 valence electrons. The van der Waals surface area contributed by atoms with E-state index in [1.54, 1.807) is 37.3 Å². The lowest BCUT2D eigenvalue weighted by molar-refractivity contribution is 0.0999. The summed E-state index contributed by atoms with van der Waals surface area (Å²) in [7, 11) is -3.56. The Morgan fingerprint density at radius 2 is 1.78 bits per heavy atom. The summed E-state index contributed by atoms with van der Waals surface area (Å²) in [6.45, 7) is 4.14. The predicted molar refractivity (Wildman–Crippen MR) is 88.2 cm³/mol. The summed E-state index contributed by atoms with van der Waals surface area (Å²) < 4.78 is 30.4. The Morgan fingerprint density at radius 3 is 2.35 bits per heavy atom. The van der Waals surface area contributed by atoms with Crippen molar-refractivity contribution in [1.29, 1.82) is 0 Å². The van der Waals surface area contributed by atoms with Crippen molar-refractivity contribution in [3.8, 4) is 5.75 Å². The van der Waals surface area contributed by atoms with Gasteiger partial charge in [0.05, 0.1) is 17.3 Å². The van der Waals surface area contributed by atoms with Gasteiger partial charge in [-0.25, -0.2) is 8.42 Å². The van der Waals surface area contributed by atoms with Gasteiger partial charge in [0.15, 0.2) is 9.84 Å². The number of aryl methyl sites for hydroxylation is 1. The van der Waals surface area contributed by atoms with Crippen LogP contribution in [0.5, 0.6) is 5.75 Å². The molecule has 2 aromatic rings. The van der Waals surface area contributed by atoms with Gasteiger partial charge in [-0.05, 0) is 49.2 Å². The summed E-state index contributed by atoms with van der Waals surface area (Å²) in [5.74, 6) is -0.0960. The molecule has 5 nitrogen and oxygen atoms in total. The highest BCUT2D eigenvalue weighted by molar-refractivity contribution is 7.90. The highest BCUT2D eigenvalue weighted by Crippen LogP contribution is 2.21. The van der Waals surface area contributed by atoms with Crippen LogP contribution in [-0.2, 0) is 15.6 Å². The van der Waals surface area contributed by atoms with E-state index in [2.05, 4.69) is 0 Å².